The second-order valence-corrected chi connectivity index (χ2v) is 4.63. The summed E-state index contributed by atoms with van der Waals surface area (Å²) in [5.74, 6) is -2.99. The Kier molecular flexibility index (Phi) is 5.25. The highest BCUT2D eigenvalue weighted by Crippen LogP contribution is 2.11. The Morgan fingerprint density at radius 1 is 1.00 bits per heavy atom. The number of amides is 1. The molecule has 0 bridgehead atoms. The Morgan fingerprint density at radius 2 is 1.55 bits per heavy atom. The molecule has 1 aromatic rings. The fourth-order valence-electron chi connectivity index (χ4n) is 1.76. The van der Waals surface area contributed by atoms with E-state index in [0.29, 0.717) is 0 Å². The van der Waals surface area contributed by atoms with Crippen molar-refractivity contribution in [3.05, 3.63) is 34.9 Å². The minimum Gasteiger partial charge on any atom is -0.480 e. The SMILES string of the molecule is Cc1ccc(CC(=O)N(CC(=O)O)CC(=O)O)cc1C. The fraction of sp³-hybridized carbons (Fsp3) is 0.357. The van der Waals surface area contributed by atoms with E-state index in [9.17, 15) is 14.4 Å². The number of aliphatic carboxylic acids is 2. The topological polar surface area (TPSA) is 94.9 Å². The molecule has 2 N–H and O–H groups in total. The molecule has 6 nitrogen and oxygen atoms in total. The van der Waals surface area contributed by atoms with E-state index >= 15 is 0 Å². The van der Waals surface area contributed by atoms with E-state index < -0.39 is 30.9 Å². The second kappa shape index (κ2) is 6.70. The summed E-state index contributed by atoms with van der Waals surface area (Å²) in [4.78, 5) is 34.1. The molecular weight excluding hydrogens is 262 g/mol. The van der Waals surface area contributed by atoms with Gasteiger partial charge in [0, 0.05) is 0 Å². The van der Waals surface area contributed by atoms with Crippen LogP contribution in [0.15, 0.2) is 18.2 Å². The molecule has 0 fully saturated rings. The summed E-state index contributed by atoms with van der Waals surface area (Å²) in [5.41, 5.74) is 2.85. The zero-order valence-corrected chi connectivity index (χ0v) is 11.4. The van der Waals surface area contributed by atoms with Crippen LogP contribution < -0.4 is 0 Å². The lowest BCUT2D eigenvalue weighted by Crippen LogP contribution is -2.40. The minimum absolute atomic E-state index is 0.0122. The van der Waals surface area contributed by atoms with E-state index in [1.54, 1.807) is 6.07 Å². The van der Waals surface area contributed by atoms with Gasteiger partial charge in [-0.25, -0.2) is 0 Å². The van der Waals surface area contributed by atoms with E-state index in [0.717, 1.165) is 21.6 Å². The maximum Gasteiger partial charge on any atom is 0.323 e. The summed E-state index contributed by atoms with van der Waals surface area (Å²) in [6.07, 6.45) is -0.0122. The highest BCUT2D eigenvalue weighted by Gasteiger charge is 2.19. The predicted molar refractivity (Wildman–Crippen MR) is 71.5 cm³/mol. The van der Waals surface area contributed by atoms with Crippen LogP contribution in [-0.4, -0.2) is 46.0 Å². The number of aryl methyl sites for hydroxylation is 2. The Labute approximate surface area is 116 Å². The van der Waals surface area contributed by atoms with Gasteiger partial charge in [-0.1, -0.05) is 18.2 Å². The van der Waals surface area contributed by atoms with Crippen molar-refractivity contribution in [1.29, 1.82) is 0 Å². The van der Waals surface area contributed by atoms with Gasteiger partial charge in [-0.2, -0.15) is 0 Å². The van der Waals surface area contributed by atoms with Gasteiger partial charge in [-0.3, -0.25) is 14.4 Å². The lowest BCUT2D eigenvalue weighted by atomic mass is 10.0. The lowest BCUT2D eigenvalue weighted by molar-refractivity contribution is -0.149. The molecule has 0 aliphatic heterocycles. The number of carbonyl (C=O) groups is 3. The number of benzene rings is 1. The van der Waals surface area contributed by atoms with Crippen molar-refractivity contribution in [2.45, 2.75) is 20.3 Å². The van der Waals surface area contributed by atoms with Crippen molar-refractivity contribution in [2.75, 3.05) is 13.1 Å². The van der Waals surface area contributed by atoms with E-state index in [4.69, 9.17) is 10.2 Å². The molecule has 0 radical (unpaired) electrons. The summed E-state index contributed by atoms with van der Waals surface area (Å²) in [7, 11) is 0. The third kappa shape index (κ3) is 4.72. The van der Waals surface area contributed by atoms with Gasteiger partial charge < -0.3 is 15.1 Å². The van der Waals surface area contributed by atoms with Gasteiger partial charge in [0.2, 0.25) is 5.91 Å². The lowest BCUT2D eigenvalue weighted by Gasteiger charge is -2.18. The van der Waals surface area contributed by atoms with Crippen LogP contribution in [0.25, 0.3) is 0 Å². The Hall–Kier alpha value is -2.37. The Bertz CT molecular complexity index is 522. The molecule has 0 aromatic heterocycles. The first-order valence-electron chi connectivity index (χ1n) is 6.07. The van der Waals surface area contributed by atoms with Gasteiger partial charge >= 0.3 is 11.9 Å². The summed E-state index contributed by atoms with van der Waals surface area (Å²) in [6.45, 7) is 2.63. The molecule has 6 heteroatoms. The van der Waals surface area contributed by atoms with Gasteiger partial charge in [0.25, 0.3) is 0 Å². The molecular formula is C14H17NO5. The highest BCUT2D eigenvalue weighted by atomic mass is 16.4. The average molecular weight is 279 g/mol. The molecule has 20 heavy (non-hydrogen) atoms. The zero-order chi connectivity index (χ0) is 15.3. The number of carboxylic acids is 2. The van der Waals surface area contributed by atoms with Crippen LogP contribution in [0.2, 0.25) is 0 Å². The molecule has 1 aromatic carbocycles. The molecule has 0 spiro atoms. The van der Waals surface area contributed by atoms with Crippen molar-refractivity contribution < 1.29 is 24.6 Å². The van der Waals surface area contributed by atoms with E-state index in [1.165, 1.54) is 0 Å². The first kappa shape index (κ1) is 15.7. The summed E-state index contributed by atoms with van der Waals surface area (Å²) < 4.78 is 0. The number of nitrogens with zero attached hydrogens (tertiary/aromatic N) is 1. The quantitative estimate of drug-likeness (QED) is 0.804. The van der Waals surface area contributed by atoms with E-state index in [1.807, 2.05) is 26.0 Å². The van der Waals surface area contributed by atoms with Crippen molar-refractivity contribution in [1.82, 2.24) is 4.90 Å². The molecule has 0 aliphatic rings. The van der Waals surface area contributed by atoms with Crippen LogP contribution in [0.5, 0.6) is 0 Å². The van der Waals surface area contributed by atoms with Crippen molar-refractivity contribution >= 4 is 17.8 Å². The minimum atomic E-state index is -1.24. The van der Waals surface area contributed by atoms with Crippen LogP contribution in [0, 0.1) is 13.8 Å². The van der Waals surface area contributed by atoms with Gasteiger partial charge in [-0.15, -0.1) is 0 Å². The number of carboxylic acid groups (broad SMARTS) is 2. The molecule has 1 rings (SSSR count). The van der Waals surface area contributed by atoms with Crippen LogP contribution in [-0.2, 0) is 20.8 Å². The second-order valence-electron chi connectivity index (χ2n) is 4.63. The Balaban J connectivity index is 2.81. The molecule has 0 heterocycles. The molecule has 0 saturated heterocycles. The van der Waals surface area contributed by atoms with E-state index in [2.05, 4.69) is 0 Å². The molecule has 1 amide bonds. The standard InChI is InChI=1S/C14H17NO5/c1-9-3-4-11(5-10(9)2)6-12(16)15(7-13(17)18)8-14(19)20/h3-5H,6-8H2,1-2H3,(H,17,18)(H,19,20). The van der Waals surface area contributed by atoms with Gasteiger partial charge in [0.05, 0.1) is 6.42 Å². The third-order valence-electron chi connectivity index (χ3n) is 2.93. The van der Waals surface area contributed by atoms with E-state index in [-0.39, 0.29) is 6.42 Å². The van der Waals surface area contributed by atoms with Crippen LogP contribution >= 0.6 is 0 Å². The van der Waals surface area contributed by atoms with Crippen molar-refractivity contribution in [2.24, 2.45) is 0 Å². The summed E-state index contributed by atoms with van der Waals surface area (Å²) in [5, 5.41) is 17.4. The maximum absolute atomic E-state index is 12.0. The monoisotopic (exact) mass is 279 g/mol. The predicted octanol–water partition coefficient (Wildman–Crippen LogP) is 0.844. The normalized spacial score (nSPS) is 10.1. The smallest absolute Gasteiger partial charge is 0.323 e. The third-order valence-corrected chi connectivity index (χ3v) is 2.93. The maximum atomic E-state index is 12.0. The van der Waals surface area contributed by atoms with Crippen molar-refractivity contribution in [3.8, 4) is 0 Å². The van der Waals surface area contributed by atoms with Gasteiger partial charge in [-0.05, 0) is 30.5 Å². The average Bonchev–Trinajstić information content (AvgIpc) is 2.32. The fourth-order valence-corrected chi connectivity index (χ4v) is 1.76. The van der Waals surface area contributed by atoms with Gasteiger partial charge in [0.1, 0.15) is 13.1 Å². The summed E-state index contributed by atoms with van der Waals surface area (Å²) >= 11 is 0. The Morgan fingerprint density at radius 3 is 2.00 bits per heavy atom. The molecule has 0 atom stereocenters. The molecule has 0 unspecified atom stereocenters. The van der Waals surface area contributed by atoms with Crippen LogP contribution in [0.4, 0.5) is 0 Å². The molecule has 0 saturated carbocycles. The molecule has 108 valence electrons. The first-order valence-corrected chi connectivity index (χ1v) is 6.07. The number of rotatable bonds is 6. The largest absolute Gasteiger partial charge is 0.480 e. The van der Waals surface area contributed by atoms with Gasteiger partial charge in [0.15, 0.2) is 0 Å². The van der Waals surface area contributed by atoms with Crippen LogP contribution in [0.1, 0.15) is 16.7 Å². The highest BCUT2D eigenvalue weighted by molar-refractivity contribution is 5.86. The van der Waals surface area contributed by atoms with Crippen molar-refractivity contribution in [3.63, 3.8) is 0 Å². The number of carbonyl (C=O) groups excluding carboxylic acids is 1. The molecule has 0 aliphatic carbocycles. The summed E-state index contributed by atoms with van der Waals surface area (Å²) in [6, 6.07) is 5.49. The zero-order valence-electron chi connectivity index (χ0n) is 11.4. The first-order chi connectivity index (χ1) is 9.29. The number of hydrogen-bond acceptors (Lipinski definition) is 3. The number of hydrogen-bond donors (Lipinski definition) is 2. The van der Waals surface area contributed by atoms with Crippen LogP contribution in [0.3, 0.4) is 0 Å².